The number of nitrogens with zero attached hydrogens (tertiary/aromatic N) is 1. The van der Waals surface area contributed by atoms with E-state index in [0.29, 0.717) is 12.2 Å². The topological polar surface area (TPSA) is 38.5 Å². The molecule has 1 fully saturated rings. The molecule has 1 aliphatic rings. The number of hydrogen-bond acceptors (Lipinski definition) is 3. The molecule has 2 atom stereocenters. The van der Waals surface area contributed by atoms with Gasteiger partial charge in [0.2, 0.25) is 0 Å². The van der Waals surface area contributed by atoms with Crippen molar-refractivity contribution in [1.82, 2.24) is 4.90 Å². The lowest BCUT2D eigenvalue weighted by Crippen LogP contribution is -2.34. The molecule has 0 aromatic heterocycles. The van der Waals surface area contributed by atoms with Gasteiger partial charge in [-0.1, -0.05) is 6.92 Å². The molecule has 0 bridgehead atoms. The second-order valence-electron chi connectivity index (χ2n) is 4.59. The summed E-state index contributed by atoms with van der Waals surface area (Å²) in [6.45, 7) is 8.59. The van der Waals surface area contributed by atoms with Gasteiger partial charge in [0.05, 0.1) is 12.2 Å². The fourth-order valence-corrected chi connectivity index (χ4v) is 2.23. The summed E-state index contributed by atoms with van der Waals surface area (Å²) >= 11 is 0. The first-order valence-corrected chi connectivity index (χ1v) is 6.34. The van der Waals surface area contributed by atoms with Crippen LogP contribution in [0.4, 0.5) is 0 Å². The highest BCUT2D eigenvalue weighted by Crippen LogP contribution is 2.19. The number of nitrogens with two attached hydrogens (primary N) is 1. The molecule has 1 aliphatic heterocycles. The van der Waals surface area contributed by atoms with Gasteiger partial charge in [-0.15, -0.1) is 0 Å². The molecule has 1 rings (SSSR count). The minimum Gasteiger partial charge on any atom is -0.374 e. The summed E-state index contributed by atoms with van der Waals surface area (Å²) in [6.07, 6.45) is 5.69. The average Bonchev–Trinajstić information content (AvgIpc) is 2.61. The summed E-state index contributed by atoms with van der Waals surface area (Å²) in [6, 6.07) is 0. The molecule has 0 spiro atoms. The Morgan fingerprint density at radius 3 is 2.67 bits per heavy atom. The molecule has 3 heteroatoms. The summed E-state index contributed by atoms with van der Waals surface area (Å²) in [7, 11) is 0. The monoisotopic (exact) mass is 214 g/mol. The predicted molar refractivity (Wildman–Crippen MR) is 64.0 cm³/mol. The Balaban J connectivity index is 2.23. The fourth-order valence-electron chi connectivity index (χ4n) is 2.23. The van der Waals surface area contributed by atoms with Crippen LogP contribution in [0.15, 0.2) is 0 Å². The normalized spacial score (nSPS) is 26.4. The van der Waals surface area contributed by atoms with Crippen LogP contribution in [0.25, 0.3) is 0 Å². The second-order valence-corrected chi connectivity index (χ2v) is 4.59. The first-order chi connectivity index (χ1) is 7.26. The van der Waals surface area contributed by atoms with Gasteiger partial charge in [-0.25, -0.2) is 0 Å². The van der Waals surface area contributed by atoms with Crippen molar-refractivity contribution in [2.24, 2.45) is 5.73 Å². The molecule has 0 aromatic carbocycles. The zero-order valence-corrected chi connectivity index (χ0v) is 10.2. The largest absolute Gasteiger partial charge is 0.374 e. The third-order valence-electron chi connectivity index (χ3n) is 3.00. The van der Waals surface area contributed by atoms with Crippen LogP contribution in [0.1, 0.15) is 39.5 Å². The highest BCUT2D eigenvalue weighted by Gasteiger charge is 2.23. The van der Waals surface area contributed by atoms with E-state index in [2.05, 4.69) is 18.7 Å². The molecule has 0 radical (unpaired) electrons. The van der Waals surface area contributed by atoms with Crippen LogP contribution in [0.2, 0.25) is 0 Å². The van der Waals surface area contributed by atoms with E-state index in [1.165, 1.54) is 25.8 Å². The van der Waals surface area contributed by atoms with E-state index in [-0.39, 0.29) is 0 Å². The predicted octanol–water partition coefficient (Wildman–Crippen LogP) is 1.61. The molecule has 0 aliphatic carbocycles. The zero-order chi connectivity index (χ0) is 11.1. The van der Waals surface area contributed by atoms with E-state index in [1.807, 2.05) is 0 Å². The van der Waals surface area contributed by atoms with E-state index >= 15 is 0 Å². The molecule has 2 N–H and O–H groups in total. The summed E-state index contributed by atoms with van der Waals surface area (Å²) in [5, 5.41) is 0. The van der Waals surface area contributed by atoms with Crippen LogP contribution < -0.4 is 5.73 Å². The lowest BCUT2D eigenvalue weighted by molar-refractivity contribution is 0.0313. The maximum Gasteiger partial charge on any atom is 0.0706 e. The van der Waals surface area contributed by atoms with Gasteiger partial charge in [-0.3, -0.25) is 0 Å². The molecular formula is C12H26N2O. The van der Waals surface area contributed by atoms with Crippen LogP contribution >= 0.6 is 0 Å². The minimum atomic E-state index is 0.462. The van der Waals surface area contributed by atoms with Crippen molar-refractivity contribution in [3.05, 3.63) is 0 Å². The summed E-state index contributed by atoms with van der Waals surface area (Å²) in [5.74, 6) is 0. The van der Waals surface area contributed by atoms with E-state index in [4.69, 9.17) is 10.5 Å². The third-order valence-corrected chi connectivity index (χ3v) is 3.00. The van der Waals surface area contributed by atoms with E-state index in [1.54, 1.807) is 0 Å². The van der Waals surface area contributed by atoms with E-state index in [0.717, 1.165) is 26.1 Å². The maximum absolute atomic E-state index is 5.85. The van der Waals surface area contributed by atoms with Gasteiger partial charge >= 0.3 is 0 Å². The quantitative estimate of drug-likeness (QED) is 0.700. The highest BCUT2D eigenvalue weighted by molar-refractivity contribution is 4.74. The van der Waals surface area contributed by atoms with Gasteiger partial charge < -0.3 is 15.4 Å². The van der Waals surface area contributed by atoms with Gasteiger partial charge in [-0.05, 0) is 52.2 Å². The molecule has 2 unspecified atom stereocenters. The SMILES string of the molecule is CCCN(CCCN)CC1CCC(C)O1. The van der Waals surface area contributed by atoms with Gasteiger partial charge in [0.15, 0.2) is 0 Å². The third kappa shape index (κ3) is 4.96. The van der Waals surface area contributed by atoms with Crippen LogP contribution in [-0.4, -0.2) is 43.3 Å². The molecule has 15 heavy (non-hydrogen) atoms. The molecule has 3 nitrogen and oxygen atoms in total. The Morgan fingerprint density at radius 1 is 1.33 bits per heavy atom. The number of hydrogen-bond donors (Lipinski definition) is 1. The van der Waals surface area contributed by atoms with Crippen LogP contribution in [0.3, 0.4) is 0 Å². The smallest absolute Gasteiger partial charge is 0.0706 e. The Bertz CT molecular complexity index is 164. The Kier molecular flexibility index (Phi) is 6.22. The van der Waals surface area contributed by atoms with E-state index < -0.39 is 0 Å². The van der Waals surface area contributed by atoms with Crippen LogP contribution in [-0.2, 0) is 4.74 Å². The van der Waals surface area contributed by atoms with Gasteiger partial charge in [-0.2, -0.15) is 0 Å². The van der Waals surface area contributed by atoms with Crippen molar-refractivity contribution in [3.8, 4) is 0 Å². The Hall–Kier alpha value is -0.120. The molecule has 0 aromatic rings. The number of rotatable bonds is 7. The van der Waals surface area contributed by atoms with Crippen molar-refractivity contribution in [2.75, 3.05) is 26.2 Å². The van der Waals surface area contributed by atoms with E-state index in [9.17, 15) is 0 Å². The summed E-state index contributed by atoms with van der Waals surface area (Å²) < 4.78 is 5.85. The number of ether oxygens (including phenoxy) is 1. The molecule has 1 saturated heterocycles. The molecular weight excluding hydrogens is 188 g/mol. The Labute approximate surface area is 94.0 Å². The standard InChI is InChI=1S/C12H26N2O/c1-3-8-14(9-4-7-13)10-12-6-5-11(2)15-12/h11-12H,3-10,13H2,1-2H3. The Morgan fingerprint density at radius 2 is 2.13 bits per heavy atom. The first-order valence-electron chi connectivity index (χ1n) is 6.34. The lowest BCUT2D eigenvalue weighted by Gasteiger charge is -2.24. The lowest BCUT2D eigenvalue weighted by atomic mass is 10.2. The van der Waals surface area contributed by atoms with Crippen molar-refractivity contribution in [3.63, 3.8) is 0 Å². The molecule has 90 valence electrons. The second kappa shape index (κ2) is 7.20. The van der Waals surface area contributed by atoms with Crippen LogP contribution in [0.5, 0.6) is 0 Å². The van der Waals surface area contributed by atoms with Crippen molar-refractivity contribution >= 4 is 0 Å². The highest BCUT2D eigenvalue weighted by atomic mass is 16.5. The molecule has 0 amide bonds. The van der Waals surface area contributed by atoms with Gasteiger partial charge in [0, 0.05) is 6.54 Å². The fraction of sp³-hybridized carbons (Fsp3) is 1.00. The summed E-state index contributed by atoms with van der Waals surface area (Å²) in [5.41, 5.74) is 5.55. The van der Waals surface area contributed by atoms with Crippen molar-refractivity contribution < 1.29 is 4.74 Å². The van der Waals surface area contributed by atoms with Gasteiger partial charge in [0.25, 0.3) is 0 Å². The molecule has 1 heterocycles. The zero-order valence-electron chi connectivity index (χ0n) is 10.2. The first kappa shape index (κ1) is 12.9. The van der Waals surface area contributed by atoms with Crippen molar-refractivity contribution in [2.45, 2.75) is 51.7 Å². The molecule has 0 saturated carbocycles. The van der Waals surface area contributed by atoms with Crippen LogP contribution in [0, 0.1) is 0 Å². The van der Waals surface area contributed by atoms with Gasteiger partial charge in [0.1, 0.15) is 0 Å². The minimum absolute atomic E-state index is 0.462. The van der Waals surface area contributed by atoms with Crippen molar-refractivity contribution in [1.29, 1.82) is 0 Å². The maximum atomic E-state index is 5.85. The average molecular weight is 214 g/mol. The summed E-state index contributed by atoms with van der Waals surface area (Å²) in [4.78, 5) is 2.50.